The molecule has 0 aromatic carbocycles. The molecule has 1 fully saturated rings. The van der Waals surface area contributed by atoms with E-state index in [0.717, 1.165) is 19.3 Å². The van der Waals surface area contributed by atoms with Gasteiger partial charge in [-0.05, 0) is 46.1 Å². The van der Waals surface area contributed by atoms with E-state index in [1.165, 1.54) is 0 Å². The lowest BCUT2D eigenvalue weighted by molar-refractivity contribution is -0.153. The Hall–Kier alpha value is -2.32. The molecule has 1 aromatic heterocycles. The molecule has 1 aromatic rings. The van der Waals surface area contributed by atoms with Crippen molar-refractivity contribution >= 4 is 17.6 Å². The molecule has 0 spiro atoms. The number of nitrogens with one attached hydrogen (secondary N) is 1. The second kappa shape index (κ2) is 7.13. The number of aromatic hydroxyl groups is 1. The molecule has 1 aliphatic carbocycles. The van der Waals surface area contributed by atoms with E-state index in [2.05, 4.69) is 10.3 Å². The Labute approximate surface area is 148 Å². The third kappa shape index (κ3) is 5.09. The summed E-state index contributed by atoms with van der Waals surface area (Å²) in [5, 5.41) is 12.5. The number of carbonyl (C=O) groups excluding carboxylic acids is 2. The van der Waals surface area contributed by atoms with E-state index in [-0.39, 0.29) is 11.9 Å². The lowest BCUT2D eigenvalue weighted by Gasteiger charge is -2.28. The number of hydrogen-bond donors (Lipinski definition) is 2. The van der Waals surface area contributed by atoms with Crippen molar-refractivity contribution in [3.63, 3.8) is 0 Å². The molecule has 144 valence electrons. The highest BCUT2D eigenvalue weighted by Gasteiger charge is 2.37. The molecular weight excluding hydrogens is 353 g/mol. The second-order valence-corrected chi connectivity index (χ2v) is 7.21. The quantitative estimate of drug-likeness (QED) is 0.464. The van der Waals surface area contributed by atoms with Gasteiger partial charge in [-0.3, -0.25) is 9.59 Å². The number of aromatic nitrogens is 1. The molecule has 1 saturated carbocycles. The zero-order valence-corrected chi connectivity index (χ0v) is 14.7. The molecule has 0 radical (unpaired) electrons. The van der Waals surface area contributed by atoms with Gasteiger partial charge in [-0.2, -0.15) is 18.2 Å². The minimum absolute atomic E-state index is 0.0355. The van der Waals surface area contributed by atoms with Crippen LogP contribution in [0.1, 0.15) is 62.4 Å². The number of alkyl halides is 3. The van der Waals surface area contributed by atoms with Crippen molar-refractivity contribution in [1.82, 2.24) is 4.98 Å². The maximum atomic E-state index is 13.0. The van der Waals surface area contributed by atoms with Gasteiger partial charge in [0.1, 0.15) is 23.4 Å². The number of nitrogens with zero attached hydrogens (tertiary/aromatic N) is 1. The second-order valence-electron chi connectivity index (χ2n) is 7.21. The number of ketones is 1. The number of esters is 1. The fourth-order valence-corrected chi connectivity index (χ4v) is 2.38. The Bertz CT molecular complexity index is 707. The van der Waals surface area contributed by atoms with Crippen molar-refractivity contribution in [2.24, 2.45) is 0 Å². The lowest BCUT2D eigenvalue weighted by Crippen LogP contribution is -2.29. The highest BCUT2D eigenvalue weighted by atomic mass is 19.4. The molecule has 0 bridgehead atoms. The minimum atomic E-state index is -4.88. The van der Waals surface area contributed by atoms with E-state index in [1.807, 2.05) is 0 Å². The summed E-state index contributed by atoms with van der Waals surface area (Å²) in [4.78, 5) is 27.8. The highest BCUT2D eigenvalue weighted by molar-refractivity contribution is 6.09. The Morgan fingerprint density at radius 2 is 1.92 bits per heavy atom. The molecule has 9 heteroatoms. The summed E-state index contributed by atoms with van der Waals surface area (Å²) < 4.78 is 44.1. The molecule has 1 heterocycles. The van der Waals surface area contributed by atoms with Crippen LogP contribution >= 0.6 is 0 Å². The van der Waals surface area contributed by atoms with Gasteiger partial charge < -0.3 is 15.2 Å². The number of halogens is 3. The maximum Gasteiger partial charge on any atom is 0.421 e. The molecule has 0 unspecified atom stereocenters. The molecule has 0 saturated heterocycles. The summed E-state index contributed by atoms with van der Waals surface area (Å²) in [7, 11) is 0. The molecule has 6 nitrogen and oxygen atoms in total. The van der Waals surface area contributed by atoms with Crippen LogP contribution < -0.4 is 5.32 Å². The molecule has 2 rings (SSSR count). The van der Waals surface area contributed by atoms with Crippen LogP contribution in [0, 0.1) is 0 Å². The van der Waals surface area contributed by atoms with Crippen LogP contribution in [-0.2, 0) is 15.7 Å². The van der Waals surface area contributed by atoms with Crippen LogP contribution in [-0.4, -0.2) is 33.5 Å². The van der Waals surface area contributed by atoms with Gasteiger partial charge in [0.25, 0.3) is 0 Å². The number of hydrogen-bond acceptors (Lipinski definition) is 6. The zero-order valence-electron chi connectivity index (χ0n) is 14.7. The van der Waals surface area contributed by atoms with Gasteiger partial charge in [0.05, 0.1) is 5.56 Å². The summed E-state index contributed by atoms with van der Waals surface area (Å²) in [5.74, 6) is -3.08. The van der Waals surface area contributed by atoms with E-state index in [4.69, 9.17) is 4.74 Å². The third-order valence-electron chi connectivity index (χ3n) is 3.78. The predicted octanol–water partition coefficient (Wildman–Crippen LogP) is 3.68. The van der Waals surface area contributed by atoms with E-state index in [0.29, 0.717) is 6.07 Å². The Morgan fingerprint density at radius 3 is 2.38 bits per heavy atom. The maximum absolute atomic E-state index is 13.0. The van der Waals surface area contributed by atoms with Gasteiger partial charge in [0.2, 0.25) is 5.88 Å². The number of carbonyl (C=O) groups is 2. The van der Waals surface area contributed by atoms with Crippen LogP contribution in [0.5, 0.6) is 5.88 Å². The molecule has 0 amide bonds. The SMILES string of the molecule is CC(C)(C)OC(=O)CC(=O)c1cc(C(F)(F)F)c(O)nc1NC1CCC1. The van der Waals surface area contributed by atoms with E-state index in [1.54, 1.807) is 20.8 Å². The molecule has 26 heavy (non-hydrogen) atoms. The van der Waals surface area contributed by atoms with Crippen molar-refractivity contribution in [1.29, 1.82) is 0 Å². The van der Waals surface area contributed by atoms with Crippen molar-refractivity contribution in [2.75, 3.05) is 5.32 Å². The van der Waals surface area contributed by atoms with Crippen LogP contribution in [0.2, 0.25) is 0 Å². The lowest BCUT2D eigenvalue weighted by atomic mass is 9.93. The predicted molar refractivity (Wildman–Crippen MR) is 87.0 cm³/mol. The van der Waals surface area contributed by atoms with Crippen molar-refractivity contribution < 1.29 is 32.6 Å². The fraction of sp³-hybridized carbons (Fsp3) is 0.588. The average molecular weight is 374 g/mol. The van der Waals surface area contributed by atoms with Gasteiger partial charge in [-0.25, -0.2) is 0 Å². The number of anilines is 1. The minimum Gasteiger partial charge on any atom is -0.493 e. The summed E-state index contributed by atoms with van der Waals surface area (Å²) in [6, 6.07) is 0.488. The van der Waals surface area contributed by atoms with Gasteiger partial charge in [0.15, 0.2) is 5.78 Å². The van der Waals surface area contributed by atoms with Crippen LogP contribution in [0.4, 0.5) is 19.0 Å². The standard InChI is InChI=1S/C17H21F3N2O4/c1-16(2,3)26-13(24)8-12(23)10-7-11(17(18,19)20)15(25)22-14(10)21-9-5-4-6-9/h7,9H,4-6,8H2,1-3H3,(H2,21,22,25). The molecule has 0 aliphatic heterocycles. The number of pyridine rings is 1. The smallest absolute Gasteiger partial charge is 0.421 e. The number of ether oxygens (including phenoxy) is 1. The normalized spacial score (nSPS) is 15.3. The largest absolute Gasteiger partial charge is 0.493 e. The topological polar surface area (TPSA) is 88.5 Å². The summed E-state index contributed by atoms with van der Waals surface area (Å²) in [6.45, 7) is 4.84. The summed E-state index contributed by atoms with van der Waals surface area (Å²) in [5.41, 5.74) is -2.65. The first kappa shape index (κ1) is 20.0. The number of rotatable bonds is 5. The highest BCUT2D eigenvalue weighted by Crippen LogP contribution is 2.37. The van der Waals surface area contributed by atoms with E-state index < -0.39 is 47.0 Å². The first-order valence-corrected chi connectivity index (χ1v) is 8.19. The van der Waals surface area contributed by atoms with Gasteiger partial charge in [-0.15, -0.1) is 0 Å². The summed E-state index contributed by atoms with van der Waals surface area (Å²) in [6.07, 6.45) is -3.09. The van der Waals surface area contributed by atoms with Crippen molar-refractivity contribution in [3.8, 4) is 5.88 Å². The third-order valence-corrected chi connectivity index (χ3v) is 3.78. The first-order valence-electron chi connectivity index (χ1n) is 8.19. The van der Waals surface area contributed by atoms with E-state index >= 15 is 0 Å². The fourth-order valence-electron chi connectivity index (χ4n) is 2.38. The molecular formula is C17H21F3N2O4. The van der Waals surface area contributed by atoms with Crippen LogP contribution in [0.15, 0.2) is 6.07 Å². The summed E-state index contributed by atoms with van der Waals surface area (Å²) >= 11 is 0. The van der Waals surface area contributed by atoms with E-state index in [9.17, 15) is 27.9 Å². The Morgan fingerprint density at radius 1 is 1.31 bits per heavy atom. The number of Topliss-reactive ketones (excluding diaryl/α,β-unsaturated/α-hetero) is 1. The zero-order chi connectivity index (χ0) is 19.7. The Balaban J connectivity index is 2.32. The Kier molecular flexibility index (Phi) is 5.48. The van der Waals surface area contributed by atoms with Crippen molar-refractivity contribution in [3.05, 3.63) is 17.2 Å². The molecule has 2 N–H and O–H groups in total. The molecule has 0 atom stereocenters. The molecule has 1 aliphatic rings. The van der Waals surface area contributed by atoms with Gasteiger partial charge in [-0.1, -0.05) is 0 Å². The van der Waals surface area contributed by atoms with Gasteiger partial charge in [0, 0.05) is 6.04 Å². The van der Waals surface area contributed by atoms with Gasteiger partial charge >= 0.3 is 12.1 Å². The van der Waals surface area contributed by atoms with Crippen molar-refractivity contribution in [2.45, 2.75) is 64.3 Å². The first-order chi connectivity index (χ1) is 11.9. The van der Waals surface area contributed by atoms with Crippen LogP contribution in [0.25, 0.3) is 0 Å². The average Bonchev–Trinajstić information content (AvgIpc) is 2.38. The van der Waals surface area contributed by atoms with Crippen LogP contribution in [0.3, 0.4) is 0 Å². The monoisotopic (exact) mass is 374 g/mol.